The Kier molecular flexibility index (Phi) is 4.73. The maximum atomic E-state index is 14.7. The van der Waals surface area contributed by atoms with Crippen molar-refractivity contribution in [2.75, 3.05) is 6.54 Å². The first-order chi connectivity index (χ1) is 14.3. The molecule has 4 aromatic rings. The number of nitrogens with zero attached hydrogens (tertiary/aromatic N) is 1. The molecule has 0 saturated heterocycles. The average molecular weight is 383 g/mol. The molecule has 0 atom stereocenters. The fraction of sp³-hybridized carbons (Fsp3) is 0.192. The monoisotopic (exact) mass is 383 g/mol. The lowest BCUT2D eigenvalue weighted by Crippen LogP contribution is -2.06. The number of hydrogen-bond donors (Lipinski definition) is 0. The van der Waals surface area contributed by atoms with Gasteiger partial charge >= 0.3 is 0 Å². The molecular formula is C26H22FNO. The van der Waals surface area contributed by atoms with E-state index in [9.17, 15) is 4.39 Å². The molecule has 0 radical (unpaired) electrons. The van der Waals surface area contributed by atoms with Crippen molar-refractivity contribution in [1.82, 2.24) is 0 Å². The van der Waals surface area contributed by atoms with E-state index in [1.807, 2.05) is 30.3 Å². The predicted molar refractivity (Wildman–Crippen MR) is 116 cm³/mol. The number of benzene rings is 3. The molecular weight excluding hydrogens is 361 g/mol. The molecule has 0 fully saturated rings. The van der Waals surface area contributed by atoms with E-state index < -0.39 is 0 Å². The van der Waals surface area contributed by atoms with E-state index in [1.165, 1.54) is 5.56 Å². The van der Waals surface area contributed by atoms with E-state index >= 15 is 0 Å². The molecule has 5 rings (SSSR count). The van der Waals surface area contributed by atoms with Crippen molar-refractivity contribution in [2.24, 2.45) is 4.99 Å². The minimum Gasteiger partial charge on any atom is -0.464 e. The maximum absolute atomic E-state index is 14.7. The van der Waals surface area contributed by atoms with E-state index in [4.69, 9.17) is 4.42 Å². The molecule has 0 bridgehead atoms. The normalized spacial score (nSPS) is 13.8. The van der Waals surface area contributed by atoms with Gasteiger partial charge in [0.15, 0.2) is 0 Å². The first kappa shape index (κ1) is 17.9. The van der Waals surface area contributed by atoms with E-state index in [-0.39, 0.29) is 5.82 Å². The van der Waals surface area contributed by atoms with Crippen LogP contribution in [-0.4, -0.2) is 12.3 Å². The summed E-state index contributed by atoms with van der Waals surface area (Å²) < 4.78 is 20.5. The average Bonchev–Trinajstić information content (AvgIpc) is 3.45. The number of halogens is 1. The molecule has 0 saturated carbocycles. The van der Waals surface area contributed by atoms with Gasteiger partial charge in [0.25, 0.3) is 0 Å². The van der Waals surface area contributed by atoms with Gasteiger partial charge in [0, 0.05) is 23.2 Å². The highest BCUT2D eigenvalue weighted by Gasteiger charge is 2.17. The smallest absolute Gasteiger partial charge is 0.137 e. The third kappa shape index (κ3) is 3.49. The predicted octanol–water partition coefficient (Wildman–Crippen LogP) is 6.61. The van der Waals surface area contributed by atoms with Crippen LogP contribution in [0.4, 0.5) is 4.39 Å². The molecule has 0 unspecified atom stereocenters. The molecule has 0 spiro atoms. The van der Waals surface area contributed by atoms with E-state index in [1.54, 1.807) is 18.4 Å². The summed E-state index contributed by atoms with van der Waals surface area (Å²) in [7, 11) is 0. The second-order valence-corrected chi connectivity index (χ2v) is 7.54. The number of aliphatic imine (C=N–C) groups is 1. The van der Waals surface area contributed by atoms with Crippen molar-refractivity contribution in [2.45, 2.75) is 25.7 Å². The summed E-state index contributed by atoms with van der Waals surface area (Å²) in [5, 5.41) is 1.08. The third-order valence-electron chi connectivity index (χ3n) is 5.68. The van der Waals surface area contributed by atoms with Gasteiger partial charge in [-0.15, -0.1) is 0 Å². The summed E-state index contributed by atoms with van der Waals surface area (Å²) in [4.78, 5) is 4.59. The SMILES string of the molecule is Fc1cccc(C2=NCCC2)c1CCc1cc(-c2ccccc2)cc2ccoc12. The Labute approximate surface area is 169 Å². The second-order valence-electron chi connectivity index (χ2n) is 7.54. The highest BCUT2D eigenvalue weighted by Crippen LogP contribution is 2.30. The van der Waals surface area contributed by atoms with Crippen LogP contribution in [0, 0.1) is 5.82 Å². The molecule has 0 N–H and O–H groups in total. The lowest BCUT2D eigenvalue weighted by Gasteiger charge is -2.12. The lowest BCUT2D eigenvalue weighted by molar-refractivity contribution is 0.601. The largest absolute Gasteiger partial charge is 0.464 e. The van der Waals surface area contributed by atoms with Gasteiger partial charge in [0.1, 0.15) is 11.4 Å². The van der Waals surface area contributed by atoms with Crippen molar-refractivity contribution >= 4 is 16.7 Å². The molecule has 29 heavy (non-hydrogen) atoms. The van der Waals surface area contributed by atoms with Gasteiger partial charge in [0.2, 0.25) is 0 Å². The van der Waals surface area contributed by atoms with Crippen LogP contribution in [0.2, 0.25) is 0 Å². The summed E-state index contributed by atoms with van der Waals surface area (Å²) >= 11 is 0. The minimum atomic E-state index is -0.146. The number of hydrogen-bond acceptors (Lipinski definition) is 2. The molecule has 1 aromatic heterocycles. The highest BCUT2D eigenvalue weighted by atomic mass is 19.1. The quantitative estimate of drug-likeness (QED) is 0.381. The van der Waals surface area contributed by atoms with Gasteiger partial charge in [-0.3, -0.25) is 4.99 Å². The van der Waals surface area contributed by atoms with Crippen molar-refractivity contribution < 1.29 is 8.81 Å². The van der Waals surface area contributed by atoms with Gasteiger partial charge in [-0.2, -0.15) is 0 Å². The Morgan fingerprint density at radius 1 is 0.897 bits per heavy atom. The zero-order valence-corrected chi connectivity index (χ0v) is 16.2. The van der Waals surface area contributed by atoms with Crippen molar-refractivity contribution in [1.29, 1.82) is 0 Å². The number of rotatable bonds is 5. The third-order valence-corrected chi connectivity index (χ3v) is 5.68. The first-order valence-corrected chi connectivity index (χ1v) is 10.2. The molecule has 0 aliphatic carbocycles. The summed E-state index contributed by atoms with van der Waals surface area (Å²) in [5.41, 5.74) is 7.10. The fourth-order valence-electron chi connectivity index (χ4n) is 4.24. The standard InChI is InChI=1S/C26H22FNO/c27-24-9-4-8-23(25-10-5-14-28-25)22(24)12-11-19-16-21(18-6-2-1-3-7-18)17-20-13-15-29-26(19)20/h1-4,6-9,13,15-17H,5,10-12,14H2. The van der Waals surface area contributed by atoms with Crippen LogP contribution in [0.1, 0.15) is 29.5 Å². The number of fused-ring (bicyclic) bond motifs is 1. The van der Waals surface area contributed by atoms with Crippen LogP contribution >= 0.6 is 0 Å². The molecule has 1 aliphatic heterocycles. The van der Waals surface area contributed by atoms with Crippen LogP contribution in [0.15, 0.2) is 82.4 Å². The van der Waals surface area contributed by atoms with Gasteiger partial charge in [-0.25, -0.2) is 4.39 Å². The van der Waals surface area contributed by atoms with Crippen LogP contribution in [0.3, 0.4) is 0 Å². The number of aryl methyl sites for hydroxylation is 1. The Morgan fingerprint density at radius 2 is 1.79 bits per heavy atom. The molecule has 2 nitrogen and oxygen atoms in total. The summed E-state index contributed by atoms with van der Waals surface area (Å²) in [6, 6.07) is 22.0. The highest BCUT2D eigenvalue weighted by molar-refractivity contribution is 6.02. The van der Waals surface area contributed by atoms with Gasteiger partial charge in [0.05, 0.1) is 6.26 Å². The minimum absolute atomic E-state index is 0.146. The molecule has 144 valence electrons. The van der Waals surface area contributed by atoms with Crippen LogP contribution in [0.25, 0.3) is 22.1 Å². The summed E-state index contributed by atoms with van der Waals surface area (Å²) in [6.45, 7) is 0.845. The van der Waals surface area contributed by atoms with Crippen LogP contribution in [-0.2, 0) is 12.8 Å². The Balaban J connectivity index is 1.51. The summed E-state index contributed by atoms with van der Waals surface area (Å²) in [5.74, 6) is -0.146. The lowest BCUT2D eigenvalue weighted by atomic mass is 9.93. The zero-order valence-electron chi connectivity index (χ0n) is 16.2. The van der Waals surface area contributed by atoms with E-state index in [0.717, 1.165) is 58.3 Å². The Morgan fingerprint density at radius 3 is 2.62 bits per heavy atom. The van der Waals surface area contributed by atoms with Crippen LogP contribution in [0.5, 0.6) is 0 Å². The maximum Gasteiger partial charge on any atom is 0.137 e. The van der Waals surface area contributed by atoms with Crippen molar-refractivity contribution in [3.05, 3.63) is 95.5 Å². The Hall–Kier alpha value is -3.20. The molecule has 3 aromatic carbocycles. The summed E-state index contributed by atoms with van der Waals surface area (Å²) in [6.07, 6.45) is 5.05. The van der Waals surface area contributed by atoms with Gasteiger partial charge in [-0.1, -0.05) is 42.5 Å². The van der Waals surface area contributed by atoms with Crippen LogP contribution < -0.4 is 0 Å². The Bertz CT molecular complexity index is 1190. The van der Waals surface area contributed by atoms with E-state index in [0.29, 0.717) is 12.8 Å². The topological polar surface area (TPSA) is 25.5 Å². The van der Waals surface area contributed by atoms with E-state index in [2.05, 4.69) is 29.3 Å². The first-order valence-electron chi connectivity index (χ1n) is 10.2. The van der Waals surface area contributed by atoms with Crippen molar-refractivity contribution in [3.63, 3.8) is 0 Å². The van der Waals surface area contributed by atoms with Crippen molar-refractivity contribution in [3.8, 4) is 11.1 Å². The number of furan rings is 1. The van der Waals surface area contributed by atoms with Gasteiger partial charge in [-0.05, 0) is 72.2 Å². The molecule has 0 amide bonds. The fourth-order valence-corrected chi connectivity index (χ4v) is 4.24. The molecule has 3 heteroatoms. The zero-order chi connectivity index (χ0) is 19.6. The molecule has 2 heterocycles. The van der Waals surface area contributed by atoms with Gasteiger partial charge < -0.3 is 4.42 Å². The second kappa shape index (κ2) is 7.67. The molecule has 1 aliphatic rings.